The van der Waals surface area contributed by atoms with Crippen LogP contribution in [0.1, 0.15) is 19.7 Å². The van der Waals surface area contributed by atoms with Crippen molar-refractivity contribution in [2.24, 2.45) is 0 Å². The van der Waals surface area contributed by atoms with E-state index in [1.165, 1.54) is 0 Å². The van der Waals surface area contributed by atoms with Crippen molar-refractivity contribution in [2.75, 3.05) is 13.6 Å². The summed E-state index contributed by atoms with van der Waals surface area (Å²) in [6.07, 6.45) is 4.01. The Hall–Kier alpha value is -0.870. The Morgan fingerprint density at radius 2 is 2.43 bits per heavy atom. The summed E-state index contributed by atoms with van der Waals surface area (Å²) in [5.41, 5.74) is 0. The molecule has 0 aromatic carbocycles. The molecule has 1 atom stereocenters. The lowest BCUT2D eigenvalue weighted by atomic mass is 10.4. The zero-order valence-corrected chi connectivity index (χ0v) is 9.16. The van der Waals surface area contributed by atoms with Gasteiger partial charge in [-0.3, -0.25) is 0 Å². The normalized spacial score (nSPS) is 13.1. The molecule has 1 heterocycles. The van der Waals surface area contributed by atoms with Gasteiger partial charge in [-0.05, 0) is 20.9 Å². The molecule has 0 fully saturated rings. The van der Waals surface area contributed by atoms with E-state index in [-0.39, 0.29) is 6.10 Å². The third-order valence-electron chi connectivity index (χ3n) is 2.13. The first kappa shape index (κ1) is 11.2. The molecule has 0 spiro atoms. The van der Waals surface area contributed by atoms with E-state index in [0.717, 1.165) is 18.9 Å². The highest BCUT2D eigenvalue weighted by Crippen LogP contribution is 2.01. The molecular formula is C10H19N3O. The van der Waals surface area contributed by atoms with E-state index in [4.69, 9.17) is 4.74 Å². The Morgan fingerprint density at radius 1 is 1.64 bits per heavy atom. The van der Waals surface area contributed by atoms with Crippen LogP contribution in [-0.4, -0.2) is 29.2 Å². The summed E-state index contributed by atoms with van der Waals surface area (Å²) < 4.78 is 7.71. The maximum absolute atomic E-state index is 5.62. The van der Waals surface area contributed by atoms with Crippen molar-refractivity contribution < 1.29 is 4.74 Å². The quantitative estimate of drug-likeness (QED) is 0.740. The number of hydrogen-bond acceptors (Lipinski definition) is 3. The van der Waals surface area contributed by atoms with Gasteiger partial charge in [0.05, 0.1) is 6.10 Å². The molecule has 0 aliphatic rings. The standard InChI is InChI=1S/C10H19N3O/c1-4-13-6-5-12-10(13)8-14-9(2)7-11-3/h5-6,9,11H,4,7-8H2,1-3H3. The molecule has 0 amide bonds. The highest BCUT2D eigenvalue weighted by Gasteiger charge is 2.04. The van der Waals surface area contributed by atoms with Gasteiger partial charge in [-0.25, -0.2) is 4.98 Å². The second kappa shape index (κ2) is 5.78. The fourth-order valence-electron chi connectivity index (χ4n) is 1.33. The fourth-order valence-corrected chi connectivity index (χ4v) is 1.33. The maximum atomic E-state index is 5.62. The molecule has 0 saturated carbocycles. The van der Waals surface area contributed by atoms with Gasteiger partial charge in [0.2, 0.25) is 0 Å². The third-order valence-corrected chi connectivity index (χ3v) is 2.13. The van der Waals surface area contributed by atoms with Crippen LogP contribution in [0.25, 0.3) is 0 Å². The van der Waals surface area contributed by atoms with Crippen LogP contribution in [0.5, 0.6) is 0 Å². The predicted molar refractivity (Wildman–Crippen MR) is 56.1 cm³/mol. The first-order chi connectivity index (χ1) is 6.77. The van der Waals surface area contributed by atoms with E-state index in [9.17, 15) is 0 Å². The number of aromatic nitrogens is 2. The van der Waals surface area contributed by atoms with Crippen LogP contribution >= 0.6 is 0 Å². The van der Waals surface area contributed by atoms with Crippen molar-refractivity contribution in [2.45, 2.75) is 33.1 Å². The summed E-state index contributed by atoms with van der Waals surface area (Å²) in [7, 11) is 1.92. The summed E-state index contributed by atoms with van der Waals surface area (Å²) in [5.74, 6) is 0.996. The molecule has 80 valence electrons. The Labute approximate surface area is 85.3 Å². The van der Waals surface area contributed by atoms with Crippen LogP contribution in [-0.2, 0) is 17.9 Å². The second-order valence-corrected chi connectivity index (χ2v) is 3.31. The van der Waals surface area contributed by atoms with E-state index < -0.39 is 0 Å². The summed E-state index contributed by atoms with van der Waals surface area (Å²) >= 11 is 0. The minimum absolute atomic E-state index is 0.224. The molecule has 1 unspecified atom stereocenters. The van der Waals surface area contributed by atoms with Crippen LogP contribution in [0, 0.1) is 0 Å². The number of aryl methyl sites for hydroxylation is 1. The van der Waals surface area contributed by atoms with Gasteiger partial charge in [0, 0.05) is 25.5 Å². The van der Waals surface area contributed by atoms with E-state index in [1.807, 2.05) is 19.4 Å². The molecule has 0 saturated heterocycles. The molecule has 0 bridgehead atoms. The first-order valence-electron chi connectivity index (χ1n) is 5.04. The van der Waals surface area contributed by atoms with Gasteiger partial charge in [-0.1, -0.05) is 0 Å². The number of likely N-dealkylation sites (N-methyl/N-ethyl adjacent to an activating group) is 1. The van der Waals surface area contributed by atoms with Gasteiger partial charge in [0.25, 0.3) is 0 Å². The molecule has 1 aromatic rings. The van der Waals surface area contributed by atoms with Crippen LogP contribution < -0.4 is 5.32 Å². The van der Waals surface area contributed by atoms with E-state index in [0.29, 0.717) is 6.61 Å². The lowest BCUT2D eigenvalue weighted by molar-refractivity contribution is 0.0488. The van der Waals surface area contributed by atoms with Gasteiger partial charge in [-0.2, -0.15) is 0 Å². The van der Waals surface area contributed by atoms with Gasteiger partial charge in [0.15, 0.2) is 0 Å². The van der Waals surface area contributed by atoms with Crippen molar-refractivity contribution in [1.82, 2.24) is 14.9 Å². The molecule has 1 rings (SSSR count). The molecule has 0 radical (unpaired) electrons. The van der Waals surface area contributed by atoms with Crippen molar-refractivity contribution in [3.05, 3.63) is 18.2 Å². The molecule has 0 aliphatic heterocycles. The average Bonchev–Trinajstić information content (AvgIpc) is 2.62. The molecular weight excluding hydrogens is 178 g/mol. The minimum Gasteiger partial charge on any atom is -0.369 e. The van der Waals surface area contributed by atoms with Gasteiger partial charge >= 0.3 is 0 Å². The minimum atomic E-state index is 0.224. The average molecular weight is 197 g/mol. The number of ether oxygens (including phenoxy) is 1. The van der Waals surface area contributed by atoms with Crippen molar-refractivity contribution in [3.63, 3.8) is 0 Å². The predicted octanol–water partition coefficient (Wildman–Crippen LogP) is 1.03. The molecule has 4 heteroatoms. The third kappa shape index (κ3) is 3.12. The van der Waals surface area contributed by atoms with E-state index >= 15 is 0 Å². The first-order valence-corrected chi connectivity index (χ1v) is 5.04. The monoisotopic (exact) mass is 197 g/mol. The molecule has 0 aliphatic carbocycles. The largest absolute Gasteiger partial charge is 0.369 e. The number of hydrogen-bond donors (Lipinski definition) is 1. The fraction of sp³-hybridized carbons (Fsp3) is 0.700. The van der Waals surface area contributed by atoms with Gasteiger partial charge in [0.1, 0.15) is 12.4 Å². The summed E-state index contributed by atoms with van der Waals surface area (Å²) in [6.45, 7) is 6.55. The number of nitrogens with one attached hydrogen (secondary N) is 1. The lowest BCUT2D eigenvalue weighted by Crippen LogP contribution is -2.24. The Balaban J connectivity index is 2.37. The number of imidazole rings is 1. The maximum Gasteiger partial charge on any atom is 0.134 e. The SMILES string of the molecule is CCn1ccnc1COC(C)CNC. The van der Waals surface area contributed by atoms with Crippen LogP contribution in [0.2, 0.25) is 0 Å². The highest BCUT2D eigenvalue weighted by atomic mass is 16.5. The van der Waals surface area contributed by atoms with Gasteiger partial charge < -0.3 is 14.6 Å². The van der Waals surface area contributed by atoms with Crippen LogP contribution in [0.3, 0.4) is 0 Å². The summed E-state index contributed by atoms with van der Waals surface area (Å²) in [4.78, 5) is 4.24. The smallest absolute Gasteiger partial charge is 0.134 e. The zero-order valence-electron chi connectivity index (χ0n) is 9.16. The van der Waals surface area contributed by atoms with Crippen molar-refractivity contribution in [1.29, 1.82) is 0 Å². The van der Waals surface area contributed by atoms with E-state index in [1.54, 1.807) is 0 Å². The van der Waals surface area contributed by atoms with Crippen molar-refractivity contribution in [3.8, 4) is 0 Å². The second-order valence-electron chi connectivity index (χ2n) is 3.31. The van der Waals surface area contributed by atoms with Crippen molar-refractivity contribution >= 4 is 0 Å². The summed E-state index contributed by atoms with van der Waals surface area (Å²) in [6, 6.07) is 0. The Kier molecular flexibility index (Phi) is 4.62. The topological polar surface area (TPSA) is 39.1 Å². The highest BCUT2D eigenvalue weighted by molar-refractivity contribution is 4.90. The molecule has 1 N–H and O–H groups in total. The number of nitrogens with zero attached hydrogens (tertiary/aromatic N) is 2. The Bertz CT molecular complexity index is 260. The van der Waals surface area contributed by atoms with E-state index in [2.05, 4.69) is 28.7 Å². The van der Waals surface area contributed by atoms with Gasteiger partial charge in [-0.15, -0.1) is 0 Å². The molecule has 14 heavy (non-hydrogen) atoms. The van der Waals surface area contributed by atoms with Crippen LogP contribution in [0.4, 0.5) is 0 Å². The van der Waals surface area contributed by atoms with Crippen LogP contribution in [0.15, 0.2) is 12.4 Å². The summed E-state index contributed by atoms with van der Waals surface area (Å²) in [5, 5.41) is 3.07. The molecule has 4 nitrogen and oxygen atoms in total. The Morgan fingerprint density at radius 3 is 3.07 bits per heavy atom. The zero-order chi connectivity index (χ0) is 10.4. The molecule has 1 aromatic heterocycles. The lowest BCUT2D eigenvalue weighted by Gasteiger charge is -2.12. The number of rotatable bonds is 6.